The maximum Gasteiger partial charge on any atom is 0.265 e. The van der Waals surface area contributed by atoms with Gasteiger partial charge in [0.25, 0.3) is 5.91 Å². The summed E-state index contributed by atoms with van der Waals surface area (Å²) in [5, 5.41) is 0. The molecule has 6 nitrogen and oxygen atoms in total. The standard InChI is InChI=1S/C14H14BrN3O3/c15-11-7-13(9-17-8-11)21-6-5-20-12-3-1-10(2-4-12)14(19)18-16/h1-4,7-9H,5-6,16H2,(H,18,19). The minimum absolute atomic E-state index is 0.341. The molecule has 0 atom stereocenters. The first-order chi connectivity index (χ1) is 10.2. The molecule has 1 heterocycles. The second-order valence-corrected chi connectivity index (χ2v) is 4.95. The SMILES string of the molecule is NNC(=O)c1ccc(OCCOc2cncc(Br)c2)cc1. The number of hydrogen-bond acceptors (Lipinski definition) is 5. The normalized spacial score (nSPS) is 10.0. The maximum atomic E-state index is 11.3. The molecule has 0 aliphatic carbocycles. The van der Waals surface area contributed by atoms with Crippen molar-refractivity contribution in [2.75, 3.05) is 13.2 Å². The van der Waals surface area contributed by atoms with Gasteiger partial charge in [-0.2, -0.15) is 0 Å². The number of aromatic nitrogens is 1. The van der Waals surface area contributed by atoms with Gasteiger partial charge in [0.15, 0.2) is 0 Å². The number of nitrogen functional groups attached to an aromatic ring is 1. The average molecular weight is 352 g/mol. The first kappa shape index (κ1) is 15.3. The highest BCUT2D eigenvalue weighted by atomic mass is 79.9. The van der Waals surface area contributed by atoms with Crippen molar-refractivity contribution < 1.29 is 14.3 Å². The number of carbonyl (C=O) groups is 1. The number of hydrogen-bond donors (Lipinski definition) is 2. The van der Waals surface area contributed by atoms with Gasteiger partial charge in [0, 0.05) is 16.2 Å². The molecule has 7 heteroatoms. The van der Waals surface area contributed by atoms with E-state index >= 15 is 0 Å². The summed E-state index contributed by atoms with van der Waals surface area (Å²) >= 11 is 3.32. The van der Waals surface area contributed by atoms with Gasteiger partial charge in [-0.1, -0.05) is 0 Å². The predicted octanol–water partition coefficient (Wildman–Crippen LogP) is 1.91. The second kappa shape index (κ2) is 7.61. The molecular weight excluding hydrogens is 338 g/mol. The lowest BCUT2D eigenvalue weighted by molar-refractivity contribution is 0.0953. The van der Waals surface area contributed by atoms with Crippen LogP contribution in [0.2, 0.25) is 0 Å². The van der Waals surface area contributed by atoms with E-state index in [1.54, 1.807) is 36.7 Å². The maximum absolute atomic E-state index is 11.3. The molecule has 0 saturated carbocycles. The van der Waals surface area contributed by atoms with E-state index in [-0.39, 0.29) is 5.91 Å². The van der Waals surface area contributed by atoms with Crippen LogP contribution in [0.5, 0.6) is 11.5 Å². The molecule has 110 valence electrons. The fourth-order valence-corrected chi connectivity index (χ4v) is 1.92. The number of benzene rings is 1. The zero-order valence-corrected chi connectivity index (χ0v) is 12.7. The van der Waals surface area contributed by atoms with Crippen molar-refractivity contribution in [1.82, 2.24) is 10.4 Å². The van der Waals surface area contributed by atoms with E-state index in [1.165, 1.54) is 0 Å². The molecule has 21 heavy (non-hydrogen) atoms. The van der Waals surface area contributed by atoms with Crippen LogP contribution in [0.1, 0.15) is 10.4 Å². The second-order valence-electron chi connectivity index (χ2n) is 4.03. The highest BCUT2D eigenvalue weighted by Gasteiger charge is 2.03. The Morgan fingerprint density at radius 2 is 1.81 bits per heavy atom. The van der Waals surface area contributed by atoms with Crippen LogP contribution in [0.3, 0.4) is 0 Å². The molecule has 0 spiro atoms. The molecule has 0 aliphatic rings. The lowest BCUT2D eigenvalue weighted by atomic mass is 10.2. The Bertz CT molecular complexity index is 605. The molecular formula is C14H14BrN3O3. The fourth-order valence-electron chi connectivity index (χ4n) is 1.58. The number of halogens is 1. The summed E-state index contributed by atoms with van der Waals surface area (Å²) in [5.74, 6) is 6.03. The summed E-state index contributed by atoms with van der Waals surface area (Å²) in [6, 6.07) is 8.50. The Hall–Kier alpha value is -2.12. The van der Waals surface area contributed by atoms with Gasteiger partial charge in [0.1, 0.15) is 24.7 Å². The Kier molecular flexibility index (Phi) is 5.53. The lowest BCUT2D eigenvalue weighted by Gasteiger charge is -2.08. The summed E-state index contributed by atoms with van der Waals surface area (Å²) < 4.78 is 11.9. The van der Waals surface area contributed by atoms with Crippen molar-refractivity contribution in [3.63, 3.8) is 0 Å². The highest BCUT2D eigenvalue weighted by Crippen LogP contribution is 2.16. The predicted molar refractivity (Wildman–Crippen MR) is 81.0 cm³/mol. The van der Waals surface area contributed by atoms with E-state index in [0.717, 1.165) is 4.47 Å². The third kappa shape index (κ3) is 4.73. The first-order valence-electron chi connectivity index (χ1n) is 6.16. The Morgan fingerprint density at radius 1 is 1.14 bits per heavy atom. The van der Waals surface area contributed by atoms with Gasteiger partial charge in [0.05, 0.1) is 6.20 Å². The van der Waals surface area contributed by atoms with Gasteiger partial charge in [-0.3, -0.25) is 15.2 Å². The smallest absolute Gasteiger partial charge is 0.265 e. The first-order valence-corrected chi connectivity index (χ1v) is 6.95. The number of amides is 1. The largest absolute Gasteiger partial charge is 0.490 e. The molecule has 0 unspecified atom stereocenters. The van der Waals surface area contributed by atoms with Crippen molar-refractivity contribution in [3.05, 3.63) is 52.8 Å². The van der Waals surface area contributed by atoms with Crippen molar-refractivity contribution in [1.29, 1.82) is 0 Å². The Labute approximate surface area is 130 Å². The minimum atomic E-state index is -0.341. The number of hydrazine groups is 1. The minimum Gasteiger partial charge on any atom is -0.490 e. The van der Waals surface area contributed by atoms with Crippen molar-refractivity contribution in [2.45, 2.75) is 0 Å². The van der Waals surface area contributed by atoms with Crippen LogP contribution < -0.4 is 20.7 Å². The topological polar surface area (TPSA) is 86.5 Å². The van der Waals surface area contributed by atoms with E-state index in [4.69, 9.17) is 15.3 Å². The van der Waals surface area contributed by atoms with Gasteiger partial charge < -0.3 is 9.47 Å². The molecule has 0 saturated heterocycles. The van der Waals surface area contributed by atoms with E-state index in [0.29, 0.717) is 30.3 Å². The lowest BCUT2D eigenvalue weighted by Crippen LogP contribution is -2.29. The number of rotatable bonds is 6. The van der Waals surface area contributed by atoms with Crippen LogP contribution in [0.4, 0.5) is 0 Å². The van der Waals surface area contributed by atoms with E-state index in [1.807, 2.05) is 6.07 Å². The van der Waals surface area contributed by atoms with Crippen LogP contribution in [-0.4, -0.2) is 24.1 Å². The van der Waals surface area contributed by atoms with Gasteiger partial charge >= 0.3 is 0 Å². The number of nitrogens with one attached hydrogen (secondary N) is 1. The average Bonchev–Trinajstić information content (AvgIpc) is 2.51. The summed E-state index contributed by atoms with van der Waals surface area (Å²) in [4.78, 5) is 15.3. The summed E-state index contributed by atoms with van der Waals surface area (Å²) in [6.07, 6.45) is 3.31. The third-order valence-electron chi connectivity index (χ3n) is 2.55. The molecule has 0 aliphatic heterocycles. The van der Waals surface area contributed by atoms with Crippen molar-refractivity contribution >= 4 is 21.8 Å². The van der Waals surface area contributed by atoms with Gasteiger partial charge in [-0.25, -0.2) is 5.84 Å². The molecule has 2 rings (SSSR count). The van der Waals surface area contributed by atoms with E-state index in [2.05, 4.69) is 26.3 Å². The molecule has 3 N–H and O–H groups in total. The zero-order valence-electron chi connectivity index (χ0n) is 11.1. The quantitative estimate of drug-likeness (QED) is 0.359. The van der Waals surface area contributed by atoms with Gasteiger partial charge in [0.2, 0.25) is 0 Å². The number of nitrogens with two attached hydrogens (primary N) is 1. The Balaban J connectivity index is 1.77. The molecule has 0 radical (unpaired) electrons. The molecule has 1 aromatic carbocycles. The van der Waals surface area contributed by atoms with Crippen LogP contribution >= 0.6 is 15.9 Å². The fraction of sp³-hybridized carbons (Fsp3) is 0.143. The summed E-state index contributed by atoms with van der Waals surface area (Å²) in [6.45, 7) is 0.776. The molecule has 1 amide bonds. The summed E-state index contributed by atoms with van der Waals surface area (Å²) in [5.41, 5.74) is 2.54. The monoisotopic (exact) mass is 351 g/mol. The third-order valence-corrected chi connectivity index (χ3v) is 2.98. The van der Waals surface area contributed by atoms with Crippen molar-refractivity contribution in [2.24, 2.45) is 5.84 Å². The molecule has 0 fully saturated rings. The number of carbonyl (C=O) groups excluding carboxylic acids is 1. The van der Waals surface area contributed by atoms with E-state index in [9.17, 15) is 4.79 Å². The summed E-state index contributed by atoms with van der Waals surface area (Å²) in [7, 11) is 0. The molecule has 1 aromatic heterocycles. The zero-order chi connectivity index (χ0) is 15.1. The number of ether oxygens (including phenoxy) is 2. The van der Waals surface area contributed by atoms with Crippen LogP contribution in [-0.2, 0) is 0 Å². The van der Waals surface area contributed by atoms with Crippen LogP contribution in [0, 0.1) is 0 Å². The number of pyridine rings is 1. The van der Waals surface area contributed by atoms with Crippen molar-refractivity contribution in [3.8, 4) is 11.5 Å². The van der Waals surface area contributed by atoms with Crippen LogP contribution in [0.25, 0.3) is 0 Å². The van der Waals surface area contributed by atoms with Gasteiger partial charge in [-0.05, 0) is 46.3 Å². The molecule has 0 bridgehead atoms. The molecule has 2 aromatic rings. The highest BCUT2D eigenvalue weighted by molar-refractivity contribution is 9.10. The van der Waals surface area contributed by atoms with E-state index < -0.39 is 0 Å². The van der Waals surface area contributed by atoms with Gasteiger partial charge in [-0.15, -0.1) is 0 Å². The van der Waals surface area contributed by atoms with Crippen LogP contribution in [0.15, 0.2) is 47.2 Å². The Morgan fingerprint density at radius 3 is 2.43 bits per heavy atom. The number of nitrogens with zero attached hydrogens (tertiary/aromatic N) is 1.